The molecular weight excluding hydrogens is 498 g/mol. The molecule has 0 radical (unpaired) electrons. The molecule has 0 aliphatic carbocycles. The van der Waals surface area contributed by atoms with Crippen LogP contribution in [0.2, 0.25) is 0 Å². The Kier molecular flexibility index (Phi) is 7.60. The van der Waals surface area contributed by atoms with Crippen LogP contribution in [0.15, 0.2) is 120 Å². The van der Waals surface area contributed by atoms with Crippen molar-refractivity contribution in [3.63, 3.8) is 0 Å². The molecule has 0 bridgehead atoms. The molecular formula is C31H29NO5S. The van der Waals surface area contributed by atoms with Crippen LogP contribution in [0.5, 0.6) is 5.75 Å². The van der Waals surface area contributed by atoms with Crippen LogP contribution >= 0.6 is 0 Å². The molecule has 38 heavy (non-hydrogen) atoms. The van der Waals surface area contributed by atoms with E-state index in [4.69, 9.17) is 8.92 Å². The summed E-state index contributed by atoms with van der Waals surface area (Å²) in [6.45, 7) is 1.91. The second-order valence-electron chi connectivity index (χ2n) is 9.16. The summed E-state index contributed by atoms with van der Waals surface area (Å²) in [5.74, 6) is 0.726. The van der Waals surface area contributed by atoms with Crippen LogP contribution in [0.4, 0.5) is 0 Å². The minimum absolute atomic E-state index is 0.0539. The summed E-state index contributed by atoms with van der Waals surface area (Å²) < 4.78 is 39.0. The van der Waals surface area contributed by atoms with Crippen molar-refractivity contribution in [2.45, 2.75) is 30.6 Å². The van der Waals surface area contributed by atoms with Crippen LogP contribution in [-0.4, -0.2) is 30.8 Å². The minimum atomic E-state index is -4.03. The van der Waals surface area contributed by atoms with Gasteiger partial charge in [0.05, 0.1) is 23.1 Å². The van der Waals surface area contributed by atoms with Crippen LogP contribution in [0.1, 0.15) is 22.7 Å². The van der Waals surface area contributed by atoms with Gasteiger partial charge in [-0.15, -0.1) is 0 Å². The second-order valence-corrected chi connectivity index (χ2v) is 10.8. The largest absolute Gasteiger partial charge is 0.488 e. The molecule has 7 heteroatoms. The number of fused-ring (bicyclic) bond motifs is 1. The molecule has 0 aliphatic rings. The SMILES string of the molecule is Cc1ccc(S(=O)(=O)OC[C@@H](O)[C@H](c2ccccc2)n2ccc3c(OCc4ccccc4)cccc32)cc1. The zero-order valence-electron chi connectivity index (χ0n) is 21.0. The van der Waals surface area contributed by atoms with Gasteiger partial charge in [-0.3, -0.25) is 4.18 Å². The lowest BCUT2D eigenvalue weighted by Gasteiger charge is -2.26. The highest BCUT2D eigenvalue weighted by Crippen LogP contribution is 2.33. The standard InChI is InChI=1S/C31H29NO5S/c1-23-15-17-26(18-16-23)38(34,35)37-22-29(33)31(25-11-6-3-7-12-25)32-20-19-27-28(32)13-8-14-30(27)36-21-24-9-4-2-5-10-24/h2-20,29,31,33H,21-22H2,1H3/t29-,31+/m1/s1. The number of hydrogen-bond acceptors (Lipinski definition) is 5. The summed E-state index contributed by atoms with van der Waals surface area (Å²) in [6, 6.07) is 33.0. The molecule has 6 nitrogen and oxygen atoms in total. The number of aromatic nitrogens is 1. The van der Waals surface area contributed by atoms with Gasteiger partial charge in [-0.2, -0.15) is 8.42 Å². The van der Waals surface area contributed by atoms with E-state index in [9.17, 15) is 13.5 Å². The lowest BCUT2D eigenvalue weighted by molar-refractivity contribution is 0.0785. The van der Waals surface area contributed by atoms with Crippen molar-refractivity contribution in [1.29, 1.82) is 0 Å². The van der Waals surface area contributed by atoms with E-state index in [-0.39, 0.29) is 4.90 Å². The topological polar surface area (TPSA) is 77.8 Å². The molecule has 0 fully saturated rings. The van der Waals surface area contributed by atoms with Gasteiger partial charge in [-0.05, 0) is 48.4 Å². The summed E-state index contributed by atoms with van der Waals surface area (Å²) in [5.41, 5.74) is 3.68. The van der Waals surface area contributed by atoms with Crippen LogP contribution < -0.4 is 4.74 Å². The Morgan fingerprint density at radius 1 is 0.816 bits per heavy atom. The smallest absolute Gasteiger partial charge is 0.297 e. The maximum absolute atomic E-state index is 12.8. The summed E-state index contributed by atoms with van der Waals surface area (Å²) in [4.78, 5) is 0.0539. The number of aryl methyl sites for hydroxylation is 1. The Hall–Kier alpha value is -3.91. The van der Waals surface area contributed by atoms with Crippen LogP contribution in [-0.2, 0) is 20.9 Å². The first-order chi connectivity index (χ1) is 18.4. The molecule has 5 rings (SSSR count). The first-order valence-electron chi connectivity index (χ1n) is 12.4. The van der Waals surface area contributed by atoms with Gasteiger partial charge >= 0.3 is 0 Å². The molecule has 1 heterocycles. The first kappa shape index (κ1) is 25.7. The van der Waals surface area contributed by atoms with Crippen LogP contribution in [0, 0.1) is 6.92 Å². The lowest BCUT2D eigenvalue weighted by Crippen LogP contribution is -2.30. The fourth-order valence-corrected chi connectivity index (χ4v) is 5.43. The molecule has 0 saturated carbocycles. The third-order valence-corrected chi connectivity index (χ3v) is 7.76. The Labute approximate surface area is 222 Å². The molecule has 0 aliphatic heterocycles. The number of aliphatic hydroxyl groups is 1. The zero-order valence-corrected chi connectivity index (χ0v) is 21.8. The molecule has 1 N–H and O–H groups in total. The molecule has 5 aromatic rings. The minimum Gasteiger partial charge on any atom is -0.488 e. The van der Waals surface area contributed by atoms with E-state index in [1.165, 1.54) is 12.1 Å². The highest BCUT2D eigenvalue weighted by atomic mass is 32.2. The molecule has 0 unspecified atom stereocenters. The molecule has 2 atom stereocenters. The van der Waals surface area contributed by atoms with Gasteiger partial charge in [0.15, 0.2) is 0 Å². The Balaban J connectivity index is 1.43. The molecule has 4 aromatic carbocycles. The van der Waals surface area contributed by atoms with Crippen LogP contribution in [0.25, 0.3) is 10.9 Å². The molecule has 194 valence electrons. The highest BCUT2D eigenvalue weighted by Gasteiger charge is 2.27. The molecule has 0 amide bonds. The van der Waals surface area contributed by atoms with Crippen molar-refractivity contribution in [3.05, 3.63) is 132 Å². The predicted octanol–water partition coefficient (Wildman–Crippen LogP) is 5.88. The summed E-state index contributed by atoms with van der Waals surface area (Å²) in [6.07, 6.45) is 0.734. The van der Waals surface area contributed by atoms with E-state index in [0.717, 1.165) is 33.3 Å². The van der Waals surface area contributed by atoms with Gasteiger partial charge in [-0.25, -0.2) is 0 Å². The lowest BCUT2D eigenvalue weighted by atomic mass is 10.0. The highest BCUT2D eigenvalue weighted by molar-refractivity contribution is 7.86. The fraction of sp³-hybridized carbons (Fsp3) is 0.161. The normalized spacial score (nSPS) is 13.3. The van der Waals surface area contributed by atoms with E-state index in [1.807, 2.05) is 103 Å². The average Bonchev–Trinajstić information content (AvgIpc) is 3.37. The first-order valence-corrected chi connectivity index (χ1v) is 13.8. The van der Waals surface area contributed by atoms with E-state index >= 15 is 0 Å². The summed E-state index contributed by atoms with van der Waals surface area (Å²) >= 11 is 0. The average molecular weight is 528 g/mol. The van der Waals surface area contributed by atoms with Gasteiger partial charge in [0, 0.05) is 11.6 Å². The van der Waals surface area contributed by atoms with Gasteiger partial charge in [0.25, 0.3) is 10.1 Å². The number of ether oxygens (including phenoxy) is 1. The van der Waals surface area contributed by atoms with E-state index in [1.54, 1.807) is 12.1 Å². The molecule has 0 saturated heterocycles. The fourth-order valence-electron chi connectivity index (χ4n) is 4.51. The maximum Gasteiger partial charge on any atom is 0.297 e. The molecule has 0 spiro atoms. The van der Waals surface area contributed by atoms with E-state index in [0.29, 0.717) is 6.61 Å². The third-order valence-electron chi connectivity index (χ3n) is 6.47. The van der Waals surface area contributed by atoms with Gasteiger partial charge in [-0.1, -0.05) is 84.4 Å². The third kappa shape index (κ3) is 5.65. The quantitative estimate of drug-likeness (QED) is 0.229. The Morgan fingerprint density at radius 3 is 2.21 bits per heavy atom. The van der Waals surface area contributed by atoms with Gasteiger partial charge < -0.3 is 14.4 Å². The van der Waals surface area contributed by atoms with Crippen molar-refractivity contribution < 1.29 is 22.4 Å². The Morgan fingerprint density at radius 2 is 1.50 bits per heavy atom. The monoisotopic (exact) mass is 527 g/mol. The second kappa shape index (κ2) is 11.2. The van der Waals surface area contributed by atoms with Crippen molar-refractivity contribution in [1.82, 2.24) is 4.57 Å². The van der Waals surface area contributed by atoms with Crippen molar-refractivity contribution in [2.24, 2.45) is 0 Å². The van der Waals surface area contributed by atoms with Crippen molar-refractivity contribution >= 4 is 21.0 Å². The Bertz CT molecular complexity index is 1600. The van der Waals surface area contributed by atoms with Gasteiger partial charge in [0.2, 0.25) is 0 Å². The van der Waals surface area contributed by atoms with Crippen molar-refractivity contribution in [3.8, 4) is 5.75 Å². The van der Waals surface area contributed by atoms with E-state index < -0.39 is 28.9 Å². The van der Waals surface area contributed by atoms with Crippen LogP contribution in [0.3, 0.4) is 0 Å². The number of nitrogens with zero attached hydrogens (tertiary/aromatic N) is 1. The van der Waals surface area contributed by atoms with E-state index in [2.05, 4.69) is 0 Å². The summed E-state index contributed by atoms with van der Waals surface area (Å²) in [7, 11) is -4.03. The van der Waals surface area contributed by atoms with Crippen molar-refractivity contribution in [2.75, 3.05) is 6.61 Å². The number of rotatable bonds is 10. The number of hydrogen-bond donors (Lipinski definition) is 1. The molecule has 1 aromatic heterocycles. The predicted molar refractivity (Wildman–Crippen MR) is 148 cm³/mol. The number of benzene rings is 4. The number of aliphatic hydroxyl groups excluding tert-OH is 1. The summed E-state index contributed by atoms with van der Waals surface area (Å²) in [5, 5.41) is 12.2. The van der Waals surface area contributed by atoms with Gasteiger partial charge in [0.1, 0.15) is 18.5 Å². The zero-order chi connectivity index (χ0) is 26.5. The maximum atomic E-state index is 12.8.